The zero-order valence-corrected chi connectivity index (χ0v) is 14.1. The first-order chi connectivity index (χ1) is 12.5. The number of nitrogens with zero attached hydrogens (tertiary/aromatic N) is 5. The van der Waals surface area contributed by atoms with Crippen molar-refractivity contribution in [2.45, 2.75) is 13.0 Å². The molecule has 1 amide bonds. The lowest BCUT2D eigenvalue weighted by Crippen LogP contribution is -2.15. The SMILES string of the molecule is N#Cc1ccc(NC(=O)CCn2nnc(-c3cccc(F)c3)n2)cc1Cl. The van der Waals surface area contributed by atoms with E-state index in [1.165, 1.54) is 29.1 Å². The van der Waals surface area contributed by atoms with Crippen LogP contribution in [0.5, 0.6) is 0 Å². The van der Waals surface area contributed by atoms with Gasteiger partial charge in [-0.05, 0) is 35.5 Å². The minimum Gasteiger partial charge on any atom is -0.326 e. The summed E-state index contributed by atoms with van der Waals surface area (Å²) in [6.07, 6.45) is 0.108. The number of hydrogen-bond donors (Lipinski definition) is 1. The molecular weight excluding hydrogens is 359 g/mol. The molecule has 0 spiro atoms. The molecule has 0 saturated carbocycles. The second-order valence-corrected chi connectivity index (χ2v) is 5.73. The number of nitrogens with one attached hydrogen (secondary N) is 1. The lowest BCUT2D eigenvalue weighted by molar-refractivity contribution is -0.116. The van der Waals surface area contributed by atoms with E-state index in [-0.39, 0.29) is 35.5 Å². The van der Waals surface area contributed by atoms with Crippen molar-refractivity contribution in [1.29, 1.82) is 5.26 Å². The second-order valence-electron chi connectivity index (χ2n) is 5.32. The largest absolute Gasteiger partial charge is 0.326 e. The summed E-state index contributed by atoms with van der Waals surface area (Å²) < 4.78 is 13.2. The number of aryl methyl sites for hydroxylation is 1. The van der Waals surface area contributed by atoms with Crippen LogP contribution in [0.15, 0.2) is 42.5 Å². The second kappa shape index (κ2) is 7.72. The summed E-state index contributed by atoms with van der Waals surface area (Å²) in [6, 6.07) is 12.4. The zero-order valence-electron chi connectivity index (χ0n) is 13.4. The molecule has 0 saturated heterocycles. The van der Waals surface area contributed by atoms with Crippen LogP contribution < -0.4 is 5.32 Å². The van der Waals surface area contributed by atoms with Gasteiger partial charge in [0.2, 0.25) is 11.7 Å². The molecule has 0 radical (unpaired) electrons. The van der Waals surface area contributed by atoms with Crippen LogP contribution >= 0.6 is 11.6 Å². The molecule has 130 valence electrons. The lowest BCUT2D eigenvalue weighted by Gasteiger charge is -2.05. The molecule has 0 bridgehead atoms. The first-order valence-electron chi connectivity index (χ1n) is 7.58. The quantitative estimate of drug-likeness (QED) is 0.744. The Morgan fingerprint density at radius 1 is 1.31 bits per heavy atom. The van der Waals surface area contributed by atoms with Gasteiger partial charge in [0, 0.05) is 17.7 Å². The van der Waals surface area contributed by atoms with E-state index in [4.69, 9.17) is 16.9 Å². The van der Waals surface area contributed by atoms with Gasteiger partial charge in [0.1, 0.15) is 11.9 Å². The van der Waals surface area contributed by atoms with Gasteiger partial charge in [-0.2, -0.15) is 10.1 Å². The molecule has 0 unspecified atom stereocenters. The fourth-order valence-electron chi connectivity index (χ4n) is 2.19. The van der Waals surface area contributed by atoms with Crippen molar-refractivity contribution in [2.75, 3.05) is 5.32 Å². The maximum atomic E-state index is 13.2. The number of carbonyl (C=O) groups is 1. The number of halogens is 2. The van der Waals surface area contributed by atoms with E-state index in [2.05, 4.69) is 20.7 Å². The van der Waals surface area contributed by atoms with Crippen molar-refractivity contribution in [3.63, 3.8) is 0 Å². The van der Waals surface area contributed by atoms with Gasteiger partial charge >= 0.3 is 0 Å². The summed E-state index contributed by atoms with van der Waals surface area (Å²) in [5.74, 6) is -0.376. The molecule has 26 heavy (non-hydrogen) atoms. The maximum absolute atomic E-state index is 13.2. The molecular formula is C17H12ClFN6O. The molecule has 1 heterocycles. The van der Waals surface area contributed by atoms with Crippen molar-refractivity contribution in [2.24, 2.45) is 0 Å². The molecule has 0 fully saturated rings. The third-order valence-corrected chi connectivity index (χ3v) is 3.76. The molecule has 0 aliphatic rings. The van der Waals surface area contributed by atoms with E-state index in [0.717, 1.165) is 0 Å². The summed E-state index contributed by atoms with van der Waals surface area (Å²) in [5, 5.41) is 23.6. The standard InChI is InChI=1S/C17H12ClFN6O/c18-15-9-14(5-4-12(15)10-20)21-16(26)6-7-25-23-17(22-24-25)11-2-1-3-13(19)8-11/h1-5,8-9H,6-7H2,(H,21,26). The minimum atomic E-state index is -0.390. The molecule has 0 atom stereocenters. The van der Waals surface area contributed by atoms with Crippen molar-refractivity contribution < 1.29 is 9.18 Å². The minimum absolute atomic E-state index is 0.108. The Kier molecular flexibility index (Phi) is 5.20. The van der Waals surface area contributed by atoms with Gasteiger partial charge < -0.3 is 5.32 Å². The van der Waals surface area contributed by atoms with Crippen LogP contribution in [-0.4, -0.2) is 26.1 Å². The van der Waals surface area contributed by atoms with Crippen molar-refractivity contribution in [1.82, 2.24) is 20.2 Å². The van der Waals surface area contributed by atoms with E-state index in [1.54, 1.807) is 18.2 Å². The smallest absolute Gasteiger partial charge is 0.226 e. The van der Waals surface area contributed by atoms with E-state index >= 15 is 0 Å². The third-order valence-electron chi connectivity index (χ3n) is 3.45. The zero-order chi connectivity index (χ0) is 18.5. The van der Waals surface area contributed by atoms with E-state index in [9.17, 15) is 9.18 Å². The molecule has 0 aliphatic carbocycles. The van der Waals surface area contributed by atoms with Crippen LogP contribution in [0.4, 0.5) is 10.1 Å². The van der Waals surface area contributed by atoms with E-state index < -0.39 is 0 Å². The van der Waals surface area contributed by atoms with Crippen LogP contribution in [0, 0.1) is 17.1 Å². The Bertz CT molecular complexity index is 997. The number of benzene rings is 2. The van der Waals surface area contributed by atoms with Crippen LogP contribution in [0.2, 0.25) is 5.02 Å². The first-order valence-corrected chi connectivity index (χ1v) is 7.96. The first kappa shape index (κ1) is 17.5. The third kappa shape index (κ3) is 4.20. The lowest BCUT2D eigenvalue weighted by atomic mass is 10.2. The summed E-state index contributed by atoms with van der Waals surface area (Å²) in [4.78, 5) is 13.3. The summed E-state index contributed by atoms with van der Waals surface area (Å²) in [7, 11) is 0. The number of hydrogen-bond acceptors (Lipinski definition) is 5. The highest BCUT2D eigenvalue weighted by atomic mass is 35.5. The number of amides is 1. The van der Waals surface area contributed by atoms with Gasteiger partial charge in [0.25, 0.3) is 0 Å². The van der Waals surface area contributed by atoms with Crippen molar-refractivity contribution in [3.05, 3.63) is 58.9 Å². The Hall–Kier alpha value is -3.31. The molecule has 1 N–H and O–H groups in total. The molecule has 7 nitrogen and oxygen atoms in total. The van der Waals surface area contributed by atoms with Crippen LogP contribution in [0.1, 0.15) is 12.0 Å². The number of carbonyl (C=O) groups excluding carboxylic acids is 1. The van der Waals surface area contributed by atoms with Gasteiger partial charge in [-0.1, -0.05) is 23.7 Å². The number of anilines is 1. The Morgan fingerprint density at radius 2 is 2.15 bits per heavy atom. The molecule has 0 aliphatic heterocycles. The Balaban J connectivity index is 1.58. The highest BCUT2D eigenvalue weighted by Gasteiger charge is 2.09. The average molecular weight is 371 g/mol. The van der Waals surface area contributed by atoms with Crippen molar-refractivity contribution >= 4 is 23.2 Å². The number of aromatic nitrogens is 4. The fourth-order valence-corrected chi connectivity index (χ4v) is 2.41. The van der Waals surface area contributed by atoms with Gasteiger partial charge in [-0.25, -0.2) is 4.39 Å². The number of rotatable bonds is 5. The van der Waals surface area contributed by atoms with E-state index in [1.807, 2.05) is 6.07 Å². The predicted molar refractivity (Wildman–Crippen MR) is 92.6 cm³/mol. The monoisotopic (exact) mass is 370 g/mol. The van der Waals surface area contributed by atoms with Crippen LogP contribution in [0.25, 0.3) is 11.4 Å². The van der Waals surface area contributed by atoms with Crippen LogP contribution in [0.3, 0.4) is 0 Å². The maximum Gasteiger partial charge on any atom is 0.226 e. The van der Waals surface area contributed by atoms with Gasteiger partial charge in [-0.3, -0.25) is 4.79 Å². The topological polar surface area (TPSA) is 96.5 Å². The Morgan fingerprint density at radius 3 is 2.88 bits per heavy atom. The summed E-state index contributed by atoms with van der Waals surface area (Å²) in [6.45, 7) is 0.207. The molecule has 2 aromatic carbocycles. The Labute approximate surface area is 153 Å². The van der Waals surface area contributed by atoms with Gasteiger partial charge in [-0.15, -0.1) is 10.2 Å². The van der Waals surface area contributed by atoms with Gasteiger partial charge in [0.15, 0.2) is 0 Å². The molecule has 3 rings (SSSR count). The van der Waals surface area contributed by atoms with Crippen molar-refractivity contribution in [3.8, 4) is 17.5 Å². The number of tetrazole rings is 1. The summed E-state index contributed by atoms with van der Waals surface area (Å²) >= 11 is 5.93. The van der Waals surface area contributed by atoms with Gasteiger partial charge in [0.05, 0.1) is 17.1 Å². The van der Waals surface area contributed by atoms with E-state index in [0.29, 0.717) is 16.8 Å². The summed E-state index contributed by atoms with van der Waals surface area (Å²) in [5.41, 5.74) is 1.33. The highest BCUT2D eigenvalue weighted by Crippen LogP contribution is 2.20. The molecule has 1 aromatic heterocycles. The van der Waals surface area contributed by atoms with Crippen LogP contribution in [-0.2, 0) is 11.3 Å². The number of nitriles is 1. The average Bonchev–Trinajstić information content (AvgIpc) is 3.09. The highest BCUT2D eigenvalue weighted by molar-refractivity contribution is 6.32. The fraction of sp³-hybridized carbons (Fsp3) is 0.118. The molecule has 3 aromatic rings. The normalized spacial score (nSPS) is 10.3. The molecule has 9 heteroatoms. The predicted octanol–water partition coefficient (Wildman–Crippen LogP) is 3.03.